The van der Waals surface area contributed by atoms with Crippen LogP contribution in [-0.2, 0) is 0 Å². The van der Waals surface area contributed by atoms with E-state index in [1.807, 2.05) is 25.7 Å². The molecule has 0 saturated heterocycles. The molecule has 0 aliphatic carbocycles. The molecule has 0 amide bonds. The molecule has 1 aromatic carbocycles. The molecule has 0 atom stereocenters. The number of aliphatic hydroxyl groups is 1. The number of anilines is 1. The maximum absolute atomic E-state index is 10.9. The highest BCUT2D eigenvalue weighted by Crippen LogP contribution is 2.29. The second kappa shape index (κ2) is 6.94. The van der Waals surface area contributed by atoms with Gasteiger partial charge in [0.1, 0.15) is 5.75 Å². The monoisotopic (exact) mass is 268 g/mol. The van der Waals surface area contributed by atoms with Gasteiger partial charge in [-0.05, 0) is 20.8 Å². The number of benzene rings is 1. The molecule has 1 N–H and O–H groups in total. The summed E-state index contributed by atoms with van der Waals surface area (Å²) in [5.74, 6) is 0.468. The highest BCUT2D eigenvalue weighted by molar-refractivity contribution is 5.58. The van der Waals surface area contributed by atoms with Gasteiger partial charge in [-0.1, -0.05) is 0 Å². The molecule has 1 rings (SSSR count). The summed E-state index contributed by atoms with van der Waals surface area (Å²) in [6.45, 7) is 6.62. The van der Waals surface area contributed by atoms with Gasteiger partial charge in [-0.25, -0.2) is 0 Å². The van der Waals surface area contributed by atoms with Crippen LogP contribution >= 0.6 is 0 Å². The number of rotatable bonds is 7. The van der Waals surface area contributed by atoms with Crippen LogP contribution in [0.1, 0.15) is 20.8 Å². The lowest BCUT2D eigenvalue weighted by atomic mass is 10.2. The minimum atomic E-state index is -0.441. The number of nitro groups is 1. The van der Waals surface area contributed by atoms with Crippen LogP contribution in [-0.4, -0.2) is 35.8 Å². The third-order valence-electron chi connectivity index (χ3n) is 2.69. The van der Waals surface area contributed by atoms with E-state index in [1.165, 1.54) is 12.1 Å². The predicted octanol–water partition coefficient (Wildman–Crippen LogP) is 2.20. The van der Waals surface area contributed by atoms with Crippen LogP contribution in [0.25, 0.3) is 0 Å². The molecule has 6 nitrogen and oxygen atoms in total. The maximum Gasteiger partial charge on any atom is 0.275 e. The van der Waals surface area contributed by atoms with Gasteiger partial charge in [0.15, 0.2) is 0 Å². The average Bonchev–Trinajstić information content (AvgIpc) is 2.35. The second-order valence-electron chi connectivity index (χ2n) is 4.39. The van der Waals surface area contributed by atoms with Gasteiger partial charge in [-0.3, -0.25) is 10.1 Å². The zero-order chi connectivity index (χ0) is 14.4. The summed E-state index contributed by atoms with van der Waals surface area (Å²) in [5, 5.41) is 20.0. The Bertz CT molecular complexity index is 435. The zero-order valence-corrected chi connectivity index (χ0v) is 11.5. The van der Waals surface area contributed by atoms with Crippen LogP contribution in [0, 0.1) is 10.1 Å². The third kappa shape index (κ3) is 4.10. The van der Waals surface area contributed by atoms with Crippen LogP contribution in [0.4, 0.5) is 11.4 Å². The van der Waals surface area contributed by atoms with Gasteiger partial charge in [-0.2, -0.15) is 0 Å². The van der Waals surface area contributed by atoms with Crippen molar-refractivity contribution in [1.29, 1.82) is 0 Å². The van der Waals surface area contributed by atoms with Crippen molar-refractivity contribution < 1.29 is 14.8 Å². The maximum atomic E-state index is 10.9. The van der Waals surface area contributed by atoms with Gasteiger partial charge in [-0.15, -0.1) is 0 Å². The Morgan fingerprint density at radius 3 is 2.58 bits per heavy atom. The molecule has 0 aromatic heterocycles. The Morgan fingerprint density at radius 1 is 1.42 bits per heavy atom. The highest BCUT2D eigenvalue weighted by atomic mass is 16.6. The Morgan fingerprint density at radius 2 is 2.11 bits per heavy atom. The van der Waals surface area contributed by atoms with Gasteiger partial charge < -0.3 is 14.7 Å². The molecule has 0 spiro atoms. The van der Waals surface area contributed by atoms with Crippen molar-refractivity contribution in [3.63, 3.8) is 0 Å². The average molecular weight is 268 g/mol. The Kier molecular flexibility index (Phi) is 5.57. The molecule has 0 bridgehead atoms. The fourth-order valence-electron chi connectivity index (χ4n) is 1.88. The van der Waals surface area contributed by atoms with Crippen molar-refractivity contribution in [3.05, 3.63) is 28.3 Å². The molecular weight excluding hydrogens is 248 g/mol. The van der Waals surface area contributed by atoms with E-state index < -0.39 is 4.92 Å². The van der Waals surface area contributed by atoms with Crippen molar-refractivity contribution in [2.45, 2.75) is 26.8 Å². The molecule has 6 heteroatoms. The largest absolute Gasteiger partial charge is 0.494 e. The molecule has 1 aromatic rings. The van der Waals surface area contributed by atoms with E-state index in [4.69, 9.17) is 9.84 Å². The van der Waals surface area contributed by atoms with Gasteiger partial charge >= 0.3 is 0 Å². The fraction of sp³-hybridized carbons (Fsp3) is 0.538. The van der Waals surface area contributed by atoms with Crippen LogP contribution in [0.2, 0.25) is 0 Å². The van der Waals surface area contributed by atoms with Crippen LogP contribution in [0.5, 0.6) is 5.75 Å². The Balaban J connectivity index is 3.19. The number of nitrogens with zero attached hydrogens (tertiary/aromatic N) is 2. The molecule has 0 heterocycles. The molecule has 0 radical (unpaired) electrons. The van der Waals surface area contributed by atoms with E-state index in [1.54, 1.807) is 6.07 Å². The molecule has 0 saturated carbocycles. The number of hydrogen-bond donors (Lipinski definition) is 1. The molecule has 0 aliphatic heterocycles. The zero-order valence-electron chi connectivity index (χ0n) is 11.5. The summed E-state index contributed by atoms with van der Waals surface area (Å²) < 4.78 is 5.35. The van der Waals surface area contributed by atoms with Crippen LogP contribution in [0.3, 0.4) is 0 Å². The summed E-state index contributed by atoms with van der Waals surface area (Å²) in [4.78, 5) is 12.4. The summed E-state index contributed by atoms with van der Waals surface area (Å²) >= 11 is 0. The van der Waals surface area contributed by atoms with Crippen molar-refractivity contribution >= 4 is 11.4 Å². The first-order valence-corrected chi connectivity index (χ1v) is 6.29. The van der Waals surface area contributed by atoms with E-state index in [9.17, 15) is 10.1 Å². The van der Waals surface area contributed by atoms with Crippen molar-refractivity contribution in [1.82, 2.24) is 0 Å². The standard InChI is InChI=1S/C13H20N2O4/c1-4-19-13-8-11(7-12(9-13)15(17)18)14(5-6-16)10(2)3/h7-10,16H,4-6H2,1-3H3. The quantitative estimate of drug-likeness (QED) is 0.606. The number of aliphatic hydroxyl groups excluding tert-OH is 1. The molecule has 0 unspecified atom stereocenters. The Hall–Kier alpha value is -1.82. The Labute approximate surface area is 112 Å². The molecule has 0 fully saturated rings. The minimum Gasteiger partial charge on any atom is -0.494 e. The number of ether oxygens (including phenoxy) is 1. The fourth-order valence-corrected chi connectivity index (χ4v) is 1.88. The first-order valence-electron chi connectivity index (χ1n) is 6.29. The minimum absolute atomic E-state index is 0.00909. The van der Waals surface area contributed by atoms with Gasteiger partial charge in [0, 0.05) is 30.4 Å². The van der Waals surface area contributed by atoms with Crippen molar-refractivity contribution in [3.8, 4) is 5.75 Å². The lowest BCUT2D eigenvalue weighted by molar-refractivity contribution is -0.384. The van der Waals surface area contributed by atoms with E-state index in [-0.39, 0.29) is 18.3 Å². The van der Waals surface area contributed by atoms with E-state index in [0.717, 1.165) is 0 Å². The number of non-ortho nitro benzene ring substituents is 1. The summed E-state index contributed by atoms with van der Waals surface area (Å²) in [6.07, 6.45) is 0. The highest BCUT2D eigenvalue weighted by Gasteiger charge is 2.16. The lowest BCUT2D eigenvalue weighted by Gasteiger charge is -2.28. The number of hydrogen-bond acceptors (Lipinski definition) is 5. The number of nitro benzene ring substituents is 1. The van der Waals surface area contributed by atoms with Gasteiger partial charge in [0.2, 0.25) is 0 Å². The molecular formula is C13H20N2O4. The van der Waals surface area contributed by atoms with Gasteiger partial charge in [0.05, 0.1) is 24.2 Å². The summed E-state index contributed by atoms with van der Waals surface area (Å²) in [6, 6.07) is 4.79. The van der Waals surface area contributed by atoms with E-state index in [2.05, 4.69) is 0 Å². The van der Waals surface area contributed by atoms with Crippen LogP contribution < -0.4 is 9.64 Å². The summed E-state index contributed by atoms with van der Waals surface area (Å²) in [5.41, 5.74) is 0.672. The topological polar surface area (TPSA) is 75.8 Å². The first kappa shape index (κ1) is 15.2. The lowest BCUT2D eigenvalue weighted by Crippen LogP contribution is -2.33. The second-order valence-corrected chi connectivity index (χ2v) is 4.39. The first-order chi connectivity index (χ1) is 8.99. The molecule has 19 heavy (non-hydrogen) atoms. The van der Waals surface area contributed by atoms with E-state index in [0.29, 0.717) is 24.6 Å². The van der Waals surface area contributed by atoms with Crippen LogP contribution in [0.15, 0.2) is 18.2 Å². The molecule has 106 valence electrons. The third-order valence-corrected chi connectivity index (χ3v) is 2.69. The van der Waals surface area contributed by atoms with E-state index >= 15 is 0 Å². The smallest absolute Gasteiger partial charge is 0.275 e. The normalized spacial score (nSPS) is 10.6. The van der Waals surface area contributed by atoms with Crippen molar-refractivity contribution in [2.75, 3.05) is 24.7 Å². The summed E-state index contributed by atoms with van der Waals surface area (Å²) in [7, 11) is 0. The van der Waals surface area contributed by atoms with Crippen molar-refractivity contribution in [2.24, 2.45) is 0 Å². The SMILES string of the molecule is CCOc1cc(N(CCO)C(C)C)cc([N+](=O)[O-])c1. The predicted molar refractivity (Wildman–Crippen MR) is 73.8 cm³/mol. The molecule has 0 aliphatic rings. The van der Waals surface area contributed by atoms with Gasteiger partial charge in [0.25, 0.3) is 5.69 Å².